The van der Waals surface area contributed by atoms with Gasteiger partial charge in [0, 0.05) is 31.9 Å². The number of ether oxygens (including phenoxy) is 1. The van der Waals surface area contributed by atoms with Gasteiger partial charge in [0.25, 0.3) is 0 Å². The molecule has 5 rings (SSSR count). The number of hydrogen-bond acceptors (Lipinski definition) is 8. The van der Waals surface area contributed by atoms with Gasteiger partial charge >= 0.3 is 12.0 Å². The fourth-order valence-corrected chi connectivity index (χ4v) is 5.28. The van der Waals surface area contributed by atoms with Crippen LogP contribution in [0.15, 0.2) is 48.8 Å². The molecule has 1 aliphatic carbocycles. The largest absolute Gasteiger partial charge is 0.480 e. The molecule has 1 aromatic carbocycles. The van der Waals surface area contributed by atoms with Gasteiger partial charge < -0.3 is 31.1 Å². The van der Waals surface area contributed by atoms with E-state index < -0.39 is 29.7 Å². The first-order valence-electron chi connectivity index (χ1n) is 13.5. The second-order valence-electron chi connectivity index (χ2n) is 10.1. The highest BCUT2D eigenvalue weighted by Crippen LogP contribution is 2.40. The molecule has 1 fully saturated rings. The minimum Gasteiger partial charge on any atom is -0.480 e. The molecular weight excluding hydrogens is 566 g/mol. The third-order valence-electron chi connectivity index (χ3n) is 6.82. The van der Waals surface area contributed by atoms with Crippen LogP contribution in [0.1, 0.15) is 32.1 Å². The van der Waals surface area contributed by atoms with Crippen molar-refractivity contribution in [1.82, 2.24) is 15.3 Å². The predicted octanol–water partition coefficient (Wildman–Crippen LogP) is 5.73. The number of carboxylic acid groups (broad SMARTS) is 1. The van der Waals surface area contributed by atoms with Crippen LogP contribution in [-0.4, -0.2) is 52.8 Å². The third-order valence-corrected chi connectivity index (χ3v) is 7.98. The van der Waals surface area contributed by atoms with Gasteiger partial charge in [-0.25, -0.2) is 9.18 Å². The number of hydrogen-bond donors (Lipinski definition) is 4. The Bertz CT molecular complexity index is 1600. The lowest BCUT2D eigenvalue weighted by molar-refractivity contribution is -0.138. The minimum absolute atomic E-state index is 0.0770. The van der Waals surface area contributed by atoms with Gasteiger partial charge in [-0.15, -0.1) is 11.3 Å². The number of aromatic nitrogens is 2. The van der Waals surface area contributed by atoms with Crippen LogP contribution in [-0.2, 0) is 4.79 Å². The SMILES string of the molecule is CN(CCCCC(N)C(=O)O)c1ccc(-c2cc3nccc(Oc4ccc(NC(=O)NC5CC5)c(F)c4F)c3s2)nc1. The number of rotatable bonds is 12. The number of unbranched alkanes of at least 4 members (excludes halogenated alkanes) is 1. The zero-order valence-electron chi connectivity index (χ0n) is 22.8. The molecule has 1 saturated carbocycles. The number of anilines is 2. The maximum absolute atomic E-state index is 14.9. The summed E-state index contributed by atoms with van der Waals surface area (Å²) in [5.41, 5.74) is 7.52. The van der Waals surface area contributed by atoms with Gasteiger partial charge in [0.1, 0.15) is 11.8 Å². The fourth-order valence-electron chi connectivity index (χ4n) is 4.24. The van der Waals surface area contributed by atoms with E-state index in [-0.39, 0.29) is 17.5 Å². The minimum atomic E-state index is -1.22. The molecule has 0 bridgehead atoms. The zero-order chi connectivity index (χ0) is 29.8. The van der Waals surface area contributed by atoms with E-state index in [1.807, 2.05) is 30.1 Å². The smallest absolute Gasteiger partial charge is 0.320 e. The number of urea groups is 1. The van der Waals surface area contributed by atoms with Crippen molar-refractivity contribution < 1.29 is 28.2 Å². The number of carbonyl (C=O) groups excluding carboxylic acids is 1. The van der Waals surface area contributed by atoms with Gasteiger partial charge in [0.15, 0.2) is 11.6 Å². The Morgan fingerprint density at radius 1 is 1.14 bits per heavy atom. The molecule has 0 aliphatic heterocycles. The number of nitrogens with one attached hydrogen (secondary N) is 2. The number of benzene rings is 1. The van der Waals surface area contributed by atoms with E-state index in [4.69, 9.17) is 15.6 Å². The standard InChI is InChI=1S/C29H30F2N6O4S/c1-37(13-3-2-4-18(32)28(38)39)17-7-8-19(34-15-17)24-14-21-27(42-24)23(11-12-33-21)41-22-10-9-20(25(30)26(22)31)36-29(40)35-16-5-6-16/h7-12,14-16,18H,2-6,13,32H2,1H3,(H,38,39)(H2,35,36,40). The van der Waals surface area contributed by atoms with Crippen LogP contribution in [0.2, 0.25) is 0 Å². The third kappa shape index (κ3) is 6.92. The van der Waals surface area contributed by atoms with Gasteiger partial charge in [0.2, 0.25) is 5.82 Å². The number of nitrogens with two attached hydrogens (primary N) is 1. The maximum Gasteiger partial charge on any atom is 0.320 e. The Labute approximate surface area is 244 Å². The Kier molecular flexibility index (Phi) is 8.78. The van der Waals surface area contributed by atoms with Crippen LogP contribution >= 0.6 is 11.3 Å². The summed E-state index contributed by atoms with van der Waals surface area (Å²) in [5.74, 6) is -3.43. The van der Waals surface area contributed by atoms with Crippen molar-refractivity contribution in [3.8, 4) is 22.1 Å². The summed E-state index contributed by atoms with van der Waals surface area (Å²) in [6, 6.07) is 8.43. The molecule has 3 heterocycles. The molecule has 10 nitrogen and oxygen atoms in total. The average molecular weight is 597 g/mol. The highest BCUT2D eigenvalue weighted by atomic mass is 32.1. The maximum atomic E-state index is 14.9. The highest BCUT2D eigenvalue weighted by molar-refractivity contribution is 7.22. The van der Waals surface area contributed by atoms with Crippen molar-refractivity contribution in [2.75, 3.05) is 23.8 Å². The lowest BCUT2D eigenvalue weighted by Gasteiger charge is -2.19. The number of pyridine rings is 2. The lowest BCUT2D eigenvalue weighted by Crippen LogP contribution is -2.30. The van der Waals surface area contributed by atoms with Crippen molar-refractivity contribution in [2.24, 2.45) is 5.73 Å². The summed E-state index contributed by atoms with van der Waals surface area (Å²) in [4.78, 5) is 34.6. The summed E-state index contributed by atoms with van der Waals surface area (Å²) in [5, 5.41) is 13.9. The van der Waals surface area contributed by atoms with Gasteiger partial charge in [-0.3, -0.25) is 14.8 Å². The van der Waals surface area contributed by atoms with Crippen molar-refractivity contribution in [3.63, 3.8) is 0 Å². The first kappa shape index (κ1) is 29.1. The summed E-state index contributed by atoms with van der Waals surface area (Å²) in [6.07, 6.45) is 6.95. The monoisotopic (exact) mass is 596 g/mol. The van der Waals surface area contributed by atoms with E-state index in [2.05, 4.69) is 20.6 Å². The number of carboxylic acids is 1. The fraction of sp³-hybridized carbons (Fsp3) is 0.310. The van der Waals surface area contributed by atoms with Crippen molar-refractivity contribution in [2.45, 2.75) is 44.2 Å². The Balaban J connectivity index is 1.26. The first-order valence-corrected chi connectivity index (χ1v) is 14.3. The molecule has 220 valence electrons. The van der Waals surface area contributed by atoms with E-state index in [0.717, 1.165) is 36.4 Å². The van der Waals surface area contributed by atoms with E-state index in [1.54, 1.807) is 12.3 Å². The second kappa shape index (κ2) is 12.7. The predicted molar refractivity (Wildman–Crippen MR) is 157 cm³/mol. The average Bonchev–Trinajstić information content (AvgIpc) is 3.68. The van der Waals surface area contributed by atoms with Gasteiger partial charge in [-0.1, -0.05) is 0 Å². The number of aliphatic carboxylic acids is 1. The quantitative estimate of drug-likeness (QED) is 0.152. The van der Waals surface area contributed by atoms with E-state index in [9.17, 15) is 18.4 Å². The number of fused-ring (bicyclic) bond motifs is 1. The highest BCUT2D eigenvalue weighted by Gasteiger charge is 2.24. The van der Waals surface area contributed by atoms with Gasteiger partial charge in [-0.05, 0) is 62.4 Å². The molecule has 42 heavy (non-hydrogen) atoms. The molecular formula is C29H30F2N6O4S. The van der Waals surface area contributed by atoms with Crippen LogP contribution in [0, 0.1) is 11.6 Å². The van der Waals surface area contributed by atoms with E-state index >= 15 is 0 Å². The molecule has 2 amide bonds. The topological polar surface area (TPSA) is 143 Å². The number of nitrogens with zero attached hydrogens (tertiary/aromatic N) is 3. The van der Waals surface area contributed by atoms with E-state index in [1.165, 1.54) is 29.7 Å². The first-order chi connectivity index (χ1) is 20.2. The van der Waals surface area contributed by atoms with Crippen LogP contribution in [0.4, 0.5) is 25.0 Å². The van der Waals surface area contributed by atoms with Gasteiger partial charge in [-0.2, -0.15) is 4.39 Å². The van der Waals surface area contributed by atoms with Crippen LogP contribution in [0.5, 0.6) is 11.5 Å². The van der Waals surface area contributed by atoms with Crippen molar-refractivity contribution in [1.29, 1.82) is 0 Å². The molecule has 0 spiro atoms. The van der Waals surface area contributed by atoms with Gasteiger partial charge in [0.05, 0.1) is 38.4 Å². The normalized spacial score (nSPS) is 13.5. The molecule has 1 unspecified atom stereocenters. The van der Waals surface area contributed by atoms with E-state index in [0.29, 0.717) is 34.5 Å². The summed E-state index contributed by atoms with van der Waals surface area (Å²) >= 11 is 1.36. The molecule has 3 aromatic heterocycles. The molecule has 1 atom stereocenters. The summed E-state index contributed by atoms with van der Waals surface area (Å²) in [6.45, 7) is 0.725. The molecule has 0 saturated heterocycles. The number of halogens is 2. The Morgan fingerprint density at radius 3 is 2.67 bits per heavy atom. The Morgan fingerprint density at radius 2 is 1.95 bits per heavy atom. The summed E-state index contributed by atoms with van der Waals surface area (Å²) in [7, 11) is 1.94. The zero-order valence-corrected chi connectivity index (χ0v) is 23.6. The molecule has 5 N–H and O–H groups in total. The van der Waals surface area contributed by atoms with Crippen molar-refractivity contribution in [3.05, 3.63) is 60.4 Å². The Hall–Kier alpha value is -4.36. The number of carbonyl (C=O) groups is 2. The second-order valence-corrected chi connectivity index (χ2v) is 11.2. The molecule has 0 radical (unpaired) electrons. The van der Waals surface area contributed by atoms with Crippen LogP contribution < -0.4 is 26.0 Å². The number of amides is 2. The molecule has 1 aliphatic rings. The summed E-state index contributed by atoms with van der Waals surface area (Å²) < 4.78 is 36.0. The van der Waals surface area contributed by atoms with Crippen LogP contribution in [0.3, 0.4) is 0 Å². The van der Waals surface area contributed by atoms with Crippen molar-refractivity contribution >= 4 is 44.9 Å². The van der Waals surface area contributed by atoms with Crippen LogP contribution in [0.25, 0.3) is 20.8 Å². The molecule has 13 heteroatoms. The lowest BCUT2D eigenvalue weighted by atomic mass is 10.1. The molecule has 4 aromatic rings. The number of thiophene rings is 1.